The van der Waals surface area contributed by atoms with Crippen molar-refractivity contribution in [2.45, 2.75) is 26.7 Å². The van der Waals surface area contributed by atoms with Crippen molar-refractivity contribution in [2.75, 3.05) is 10.3 Å². The molecule has 2 aromatic carbocycles. The molecule has 0 atom stereocenters. The van der Waals surface area contributed by atoms with Crippen LogP contribution in [0.5, 0.6) is 0 Å². The number of fused-ring (bicyclic) bond motifs is 1. The molecule has 0 fully saturated rings. The molecule has 3 aromatic rings. The Morgan fingerprint density at radius 2 is 1.82 bits per heavy atom. The van der Waals surface area contributed by atoms with Gasteiger partial charge in [-0.25, -0.2) is 9.80 Å². The minimum atomic E-state index is -0.375. The number of imidazole rings is 1. The molecule has 2 heterocycles. The van der Waals surface area contributed by atoms with Gasteiger partial charge in [0.1, 0.15) is 5.71 Å². The van der Waals surface area contributed by atoms with Gasteiger partial charge in [-0.2, -0.15) is 5.10 Å². The van der Waals surface area contributed by atoms with Crippen molar-refractivity contribution in [3.8, 4) is 0 Å². The first kappa shape index (κ1) is 17.7. The molecular formula is C20H19N5O3. The molecular weight excluding hydrogens is 358 g/mol. The van der Waals surface area contributed by atoms with E-state index >= 15 is 0 Å². The van der Waals surface area contributed by atoms with E-state index in [1.807, 2.05) is 32.0 Å². The summed E-state index contributed by atoms with van der Waals surface area (Å²) in [5, 5.41) is 8.42. The number of hydrogen-bond donors (Lipinski definition) is 3. The number of amides is 2. The second-order valence-electron chi connectivity index (χ2n) is 6.84. The van der Waals surface area contributed by atoms with E-state index < -0.39 is 0 Å². The average Bonchev–Trinajstić information content (AvgIpc) is 3.03. The molecule has 0 saturated carbocycles. The predicted octanol–water partition coefficient (Wildman–Crippen LogP) is 2.59. The second-order valence-corrected chi connectivity index (χ2v) is 6.84. The fourth-order valence-corrected chi connectivity index (χ4v) is 3.17. The molecule has 2 amide bonds. The zero-order valence-electron chi connectivity index (χ0n) is 15.5. The van der Waals surface area contributed by atoms with Crippen molar-refractivity contribution in [1.29, 1.82) is 0 Å². The van der Waals surface area contributed by atoms with Crippen molar-refractivity contribution < 1.29 is 9.59 Å². The Hall–Kier alpha value is -3.68. The Kier molecular flexibility index (Phi) is 4.31. The normalized spacial score (nSPS) is 14.3. The smallest absolute Gasteiger partial charge is 0.321 e. The highest BCUT2D eigenvalue weighted by molar-refractivity contribution is 6.44. The summed E-state index contributed by atoms with van der Waals surface area (Å²) >= 11 is 0. The van der Waals surface area contributed by atoms with Gasteiger partial charge in [-0.15, -0.1) is 0 Å². The summed E-state index contributed by atoms with van der Waals surface area (Å²) in [5.41, 5.74) is 4.36. The Morgan fingerprint density at radius 3 is 2.64 bits per heavy atom. The van der Waals surface area contributed by atoms with E-state index in [1.165, 1.54) is 5.01 Å². The number of aromatic nitrogens is 2. The van der Waals surface area contributed by atoms with Crippen molar-refractivity contribution in [3.05, 3.63) is 58.0 Å². The Labute approximate surface area is 160 Å². The summed E-state index contributed by atoms with van der Waals surface area (Å²) < 4.78 is 0. The molecule has 0 bridgehead atoms. The maximum absolute atomic E-state index is 12.7. The molecule has 0 radical (unpaired) electrons. The predicted molar refractivity (Wildman–Crippen MR) is 108 cm³/mol. The zero-order chi connectivity index (χ0) is 19.8. The van der Waals surface area contributed by atoms with Crippen LogP contribution in [0.15, 0.2) is 46.3 Å². The first-order valence-electron chi connectivity index (χ1n) is 8.92. The maximum atomic E-state index is 12.7. The van der Waals surface area contributed by atoms with Crippen LogP contribution in [0.3, 0.4) is 0 Å². The molecule has 4 rings (SSSR count). The number of H-pyrrole nitrogens is 2. The number of carbonyl (C=O) groups is 2. The largest absolute Gasteiger partial charge is 0.323 e. The number of aromatic amines is 2. The highest BCUT2D eigenvalue weighted by atomic mass is 16.2. The van der Waals surface area contributed by atoms with Crippen LogP contribution >= 0.6 is 0 Å². The molecule has 8 heteroatoms. The fraction of sp³-hybridized carbons (Fsp3) is 0.200. The molecule has 0 unspecified atom stereocenters. The first-order valence-corrected chi connectivity index (χ1v) is 8.92. The highest BCUT2D eigenvalue weighted by Gasteiger charge is 2.26. The summed E-state index contributed by atoms with van der Waals surface area (Å²) in [5.74, 6) is -0.517. The number of nitrogens with zero attached hydrogens (tertiary/aromatic N) is 2. The Bertz CT molecular complexity index is 1190. The lowest BCUT2D eigenvalue weighted by molar-refractivity contribution is -0.118. The number of aryl methyl sites for hydroxylation is 2. The van der Waals surface area contributed by atoms with Crippen LogP contribution in [-0.4, -0.2) is 27.5 Å². The molecule has 3 N–H and O–H groups in total. The van der Waals surface area contributed by atoms with Crippen LogP contribution in [0.1, 0.15) is 24.0 Å². The number of hydrogen-bond acceptors (Lipinski definition) is 4. The van der Waals surface area contributed by atoms with Crippen LogP contribution < -0.4 is 16.0 Å². The van der Waals surface area contributed by atoms with E-state index in [-0.39, 0.29) is 36.1 Å². The molecule has 1 aliphatic rings. The molecule has 8 nitrogen and oxygen atoms in total. The summed E-state index contributed by atoms with van der Waals surface area (Å²) in [7, 11) is 0. The lowest BCUT2D eigenvalue weighted by atomic mass is 10.1. The molecule has 142 valence electrons. The monoisotopic (exact) mass is 377 g/mol. The fourth-order valence-electron chi connectivity index (χ4n) is 3.17. The van der Waals surface area contributed by atoms with Gasteiger partial charge < -0.3 is 15.3 Å². The molecule has 0 aliphatic carbocycles. The van der Waals surface area contributed by atoms with E-state index in [0.717, 1.165) is 11.1 Å². The van der Waals surface area contributed by atoms with Crippen LogP contribution in [0.25, 0.3) is 11.0 Å². The lowest BCUT2D eigenvalue weighted by Crippen LogP contribution is -2.36. The third-order valence-electron chi connectivity index (χ3n) is 4.66. The van der Waals surface area contributed by atoms with Crippen LogP contribution in [-0.2, 0) is 9.59 Å². The van der Waals surface area contributed by atoms with Crippen molar-refractivity contribution in [2.24, 2.45) is 5.10 Å². The lowest BCUT2D eigenvalue weighted by Gasteiger charge is -2.24. The van der Waals surface area contributed by atoms with Crippen molar-refractivity contribution in [1.82, 2.24) is 9.97 Å². The first-order chi connectivity index (χ1) is 13.4. The van der Waals surface area contributed by atoms with E-state index in [0.29, 0.717) is 22.4 Å². The quantitative estimate of drug-likeness (QED) is 0.652. The number of nitrogens with one attached hydrogen (secondary N) is 3. The van der Waals surface area contributed by atoms with Crippen molar-refractivity contribution in [3.63, 3.8) is 0 Å². The van der Waals surface area contributed by atoms with Crippen LogP contribution in [0.4, 0.5) is 11.4 Å². The number of rotatable bonds is 3. The van der Waals surface area contributed by atoms with Gasteiger partial charge in [-0.1, -0.05) is 12.1 Å². The Morgan fingerprint density at radius 1 is 1.04 bits per heavy atom. The maximum Gasteiger partial charge on any atom is 0.323 e. The zero-order valence-corrected chi connectivity index (χ0v) is 15.5. The van der Waals surface area contributed by atoms with E-state index in [4.69, 9.17) is 0 Å². The minimum absolute atomic E-state index is 0.142. The second kappa shape index (κ2) is 6.80. The van der Waals surface area contributed by atoms with Gasteiger partial charge in [-0.3, -0.25) is 9.59 Å². The van der Waals surface area contributed by atoms with Gasteiger partial charge in [0, 0.05) is 18.5 Å². The Balaban J connectivity index is 1.61. The summed E-state index contributed by atoms with van der Waals surface area (Å²) in [6, 6.07) is 10.8. The SMILES string of the molecule is Cc1ccc(C)c(N2N=C(C(=O)Nc3ccc4[nH]c(=O)[nH]c4c3)CCC2=O)c1. The van der Waals surface area contributed by atoms with Gasteiger partial charge in [0.05, 0.1) is 16.7 Å². The van der Waals surface area contributed by atoms with E-state index in [2.05, 4.69) is 20.4 Å². The van der Waals surface area contributed by atoms with Crippen molar-refractivity contribution >= 4 is 39.9 Å². The van der Waals surface area contributed by atoms with Gasteiger partial charge in [-0.05, 0) is 49.2 Å². The van der Waals surface area contributed by atoms with E-state index in [9.17, 15) is 14.4 Å². The van der Waals surface area contributed by atoms with Gasteiger partial charge in [0.15, 0.2) is 0 Å². The van der Waals surface area contributed by atoms with Gasteiger partial charge >= 0.3 is 5.69 Å². The van der Waals surface area contributed by atoms with Crippen LogP contribution in [0.2, 0.25) is 0 Å². The molecule has 28 heavy (non-hydrogen) atoms. The number of benzene rings is 2. The molecule has 0 saturated heterocycles. The summed E-state index contributed by atoms with van der Waals surface area (Å²) in [4.78, 5) is 41.7. The number of carbonyl (C=O) groups excluding carboxylic acids is 2. The molecule has 1 aliphatic heterocycles. The van der Waals surface area contributed by atoms with Crippen LogP contribution in [0, 0.1) is 13.8 Å². The molecule has 0 spiro atoms. The van der Waals surface area contributed by atoms with E-state index in [1.54, 1.807) is 18.2 Å². The third-order valence-corrected chi connectivity index (χ3v) is 4.66. The number of anilines is 2. The highest BCUT2D eigenvalue weighted by Crippen LogP contribution is 2.25. The number of hydrazone groups is 1. The average molecular weight is 377 g/mol. The van der Waals surface area contributed by atoms with Gasteiger partial charge in [0.25, 0.3) is 5.91 Å². The van der Waals surface area contributed by atoms with Gasteiger partial charge in [0.2, 0.25) is 5.91 Å². The standard InChI is InChI=1S/C20H19N5O3/c1-11-3-4-12(2)17(9-11)25-18(26)8-7-15(24-25)19(27)21-13-5-6-14-16(10-13)23-20(28)22-14/h3-6,9-10H,7-8H2,1-2H3,(H,21,27)(H2,22,23,28). The minimum Gasteiger partial charge on any atom is -0.321 e. The third kappa shape index (κ3) is 3.32. The topological polar surface area (TPSA) is 110 Å². The molecule has 1 aromatic heterocycles. The summed E-state index contributed by atoms with van der Waals surface area (Å²) in [6.45, 7) is 3.84. The summed E-state index contributed by atoms with van der Waals surface area (Å²) in [6.07, 6.45) is 0.485.